The summed E-state index contributed by atoms with van der Waals surface area (Å²) < 4.78 is 27.5. The lowest BCUT2D eigenvalue weighted by molar-refractivity contribution is 0.578. The average molecular weight is 275 g/mol. The molecular formula is C17H19F2N. The van der Waals surface area contributed by atoms with Crippen molar-refractivity contribution < 1.29 is 8.78 Å². The van der Waals surface area contributed by atoms with Gasteiger partial charge in [0.2, 0.25) is 0 Å². The fourth-order valence-electron chi connectivity index (χ4n) is 2.40. The van der Waals surface area contributed by atoms with Gasteiger partial charge in [-0.2, -0.15) is 0 Å². The second-order valence-corrected chi connectivity index (χ2v) is 4.95. The molecule has 0 heterocycles. The average Bonchev–Trinajstić information content (AvgIpc) is 2.43. The maximum Gasteiger partial charge on any atom is 0.133 e. The van der Waals surface area contributed by atoms with Crippen molar-refractivity contribution >= 4 is 0 Å². The van der Waals surface area contributed by atoms with Gasteiger partial charge in [-0.25, -0.2) is 8.78 Å². The molecule has 2 aromatic carbocycles. The van der Waals surface area contributed by atoms with Crippen molar-refractivity contribution in [2.45, 2.75) is 26.8 Å². The van der Waals surface area contributed by atoms with Gasteiger partial charge in [0.15, 0.2) is 0 Å². The molecule has 0 bridgehead atoms. The Labute approximate surface area is 118 Å². The van der Waals surface area contributed by atoms with E-state index in [4.69, 9.17) is 0 Å². The Bertz CT molecular complexity index is 608. The van der Waals surface area contributed by atoms with E-state index in [2.05, 4.69) is 5.32 Å². The van der Waals surface area contributed by atoms with Gasteiger partial charge in [-0.1, -0.05) is 31.2 Å². The number of nitrogens with one attached hydrogen (secondary N) is 1. The van der Waals surface area contributed by atoms with E-state index in [1.165, 1.54) is 0 Å². The molecule has 3 heteroatoms. The van der Waals surface area contributed by atoms with Crippen LogP contribution in [0.25, 0.3) is 11.1 Å². The van der Waals surface area contributed by atoms with Crippen LogP contribution >= 0.6 is 0 Å². The van der Waals surface area contributed by atoms with E-state index in [0.29, 0.717) is 11.1 Å². The highest BCUT2D eigenvalue weighted by atomic mass is 19.1. The lowest BCUT2D eigenvalue weighted by Gasteiger charge is -2.18. The van der Waals surface area contributed by atoms with Crippen molar-refractivity contribution in [3.8, 4) is 11.1 Å². The summed E-state index contributed by atoms with van der Waals surface area (Å²) in [7, 11) is 0. The molecule has 0 radical (unpaired) electrons. The van der Waals surface area contributed by atoms with E-state index < -0.39 is 11.6 Å². The van der Waals surface area contributed by atoms with Gasteiger partial charge in [-0.05, 0) is 43.1 Å². The maximum atomic E-state index is 14.1. The van der Waals surface area contributed by atoms with Gasteiger partial charge < -0.3 is 5.32 Å². The summed E-state index contributed by atoms with van der Waals surface area (Å²) in [6.45, 7) is 6.55. The Morgan fingerprint density at radius 2 is 1.75 bits per heavy atom. The zero-order valence-electron chi connectivity index (χ0n) is 12.0. The number of hydrogen-bond donors (Lipinski definition) is 1. The van der Waals surface area contributed by atoms with E-state index in [0.717, 1.165) is 23.7 Å². The minimum absolute atomic E-state index is 0.112. The molecule has 0 amide bonds. The number of hydrogen-bond acceptors (Lipinski definition) is 1. The molecule has 0 aliphatic carbocycles. The van der Waals surface area contributed by atoms with Crippen LogP contribution in [0.15, 0.2) is 36.4 Å². The zero-order valence-corrected chi connectivity index (χ0v) is 12.0. The lowest BCUT2D eigenvalue weighted by Crippen LogP contribution is -2.18. The minimum atomic E-state index is -0.524. The van der Waals surface area contributed by atoms with Crippen LogP contribution in [0.4, 0.5) is 8.78 Å². The molecule has 0 saturated heterocycles. The van der Waals surface area contributed by atoms with Crippen LogP contribution in [0.1, 0.15) is 31.0 Å². The third-order valence-electron chi connectivity index (χ3n) is 3.48. The van der Waals surface area contributed by atoms with Crippen LogP contribution in [-0.4, -0.2) is 6.54 Å². The summed E-state index contributed by atoms with van der Waals surface area (Å²) in [5.74, 6) is -1.03. The Balaban J connectivity index is 2.56. The molecule has 0 saturated carbocycles. The molecular weight excluding hydrogens is 256 g/mol. The van der Waals surface area contributed by atoms with Crippen LogP contribution < -0.4 is 5.32 Å². The second-order valence-electron chi connectivity index (χ2n) is 4.95. The topological polar surface area (TPSA) is 12.0 Å². The van der Waals surface area contributed by atoms with E-state index in [9.17, 15) is 8.78 Å². The van der Waals surface area contributed by atoms with Crippen molar-refractivity contribution in [2.24, 2.45) is 0 Å². The number of halogens is 2. The van der Waals surface area contributed by atoms with Gasteiger partial charge >= 0.3 is 0 Å². The quantitative estimate of drug-likeness (QED) is 0.859. The molecule has 0 fully saturated rings. The van der Waals surface area contributed by atoms with E-state index in [1.54, 1.807) is 13.0 Å². The summed E-state index contributed by atoms with van der Waals surface area (Å²) in [4.78, 5) is 0. The first kappa shape index (κ1) is 14.7. The number of rotatable bonds is 4. The zero-order chi connectivity index (χ0) is 14.7. The maximum absolute atomic E-state index is 14.1. The predicted molar refractivity (Wildman–Crippen MR) is 78.6 cm³/mol. The second kappa shape index (κ2) is 6.14. The van der Waals surface area contributed by atoms with E-state index in [1.807, 2.05) is 38.1 Å². The largest absolute Gasteiger partial charge is 0.310 e. The van der Waals surface area contributed by atoms with Crippen molar-refractivity contribution in [1.82, 2.24) is 5.32 Å². The summed E-state index contributed by atoms with van der Waals surface area (Å²) in [6.07, 6.45) is 0. The van der Waals surface area contributed by atoms with Crippen molar-refractivity contribution in [3.05, 3.63) is 59.2 Å². The van der Waals surface area contributed by atoms with Gasteiger partial charge in [-0.15, -0.1) is 0 Å². The van der Waals surface area contributed by atoms with Crippen molar-refractivity contribution in [2.75, 3.05) is 6.54 Å². The highest BCUT2D eigenvalue weighted by molar-refractivity contribution is 5.69. The van der Waals surface area contributed by atoms with Gasteiger partial charge in [-0.3, -0.25) is 0 Å². The molecule has 0 aromatic heterocycles. The van der Waals surface area contributed by atoms with Crippen molar-refractivity contribution in [1.29, 1.82) is 0 Å². The first-order chi connectivity index (χ1) is 9.54. The Morgan fingerprint density at radius 3 is 2.45 bits per heavy atom. The van der Waals surface area contributed by atoms with Gasteiger partial charge in [0.05, 0.1) is 0 Å². The van der Waals surface area contributed by atoms with Crippen molar-refractivity contribution in [3.63, 3.8) is 0 Å². The van der Waals surface area contributed by atoms with Crippen LogP contribution in [0.3, 0.4) is 0 Å². The fourth-order valence-corrected chi connectivity index (χ4v) is 2.40. The summed E-state index contributed by atoms with van der Waals surface area (Å²) in [6, 6.07) is 10.3. The lowest BCUT2D eigenvalue weighted by atomic mass is 9.94. The van der Waals surface area contributed by atoms with Crippen LogP contribution in [0, 0.1) is 18.6 Å². The Kier molecular flexibility index (Phi) is 4.50. The SMILES string of the molecule is CCNC(C)c1ccccc1-c1cc(C)c(F)cc1F. The monoisotopic (exact) mass is 275 g/mol. The molecule has 0 aliphatic heterocycles. The van der Waals surface area contributed by atoms with Gasteiger partial charge in [0.1, 0.15) is 11.6 Å². The number of benzene rings is 2. The molecule has 1 unspecified atom stereocenters. The standard InChI is InChI=1S/C17H19F2N/c1-4-20-12(3)13-7-5-6-8-14(13)15-9-11(2)16(18)10-17(15)19/h5-10,12,20H,4H2,1-3H3. The van der Waals surface area contributed by atoms with Crippen LogP contribution in [0.2, 0.25) is 0 Å². The molecule has 1 atom stereocenters. The molecule has 0 aliphatic rings. The summed E-state index contributed by atoms with van der Waals surface area (Å²) in [5.41, 5.74) is 2.72. The third-order valence-corrected chi connectivity index (χ3v) is 3.48. The van der Waals surface area contributed by atoms with Crippen LogP contribution in [-0.2, 0) is 0 Å². The Morgan fingerprint density at radius 1 is 1.05 bits per heavy atom. The smallest absolute Gasteiger partial charge is 0.133 e. The van der Waals surface area contributed by atoms with E-state index >= 15 is 0 Å². The fraction of sp³-hybridized carbons (Fsp3) is 0.294. The first-order valence-electron chi connectivity index (χ1n) is 6.83. The van der Waals surface area contributed by atoms with E-state index in [-0.39, 0.29) is 6.04 Å². The van der Waals surface area contributed by atoms with Gasteiger partial charge in [0, 0.05) is 17.7 Å². The highest BCUT2D eigenvalue weighted by Crippen LogP contribution is 2.31. The first-order valence-corrected chi connectivity index (χ1v) is 6.83. The Hall–Kier alpha value is -1.74. The normalized spacial score (nSPS) is 12.4. The minimum Gasteiger partial charge on any atom is -0.310 e. The molecule has 0 spiro atoms. The molecule has 1 nitrogen and oxygen atoms in total. The molecule has 106 valence electrons. The van der Waals surface area contributed by atoms with Gasteiger partial charge in [0.25, 0.3) is 0 Å². The summed E-state index contributed by atoms with van der Waals surface area (Å²) in [5, 5.41) is 3.32. The molecule has 2 aromatic rings. The molecule has 1 N–H and O–H groups in total. The number of aryl methyl sites for hydroxylation is 1. The molecule has 20 heavy (non-hydrogen) atoms. The van der Waals surface area contributed by atoms with Crippen LogP contribution in [0.5, 0.6) is 0 Å². The highest BCUT2D eigenvalue weighted by Gasteiger charge is 2.15. The summed E-state index contributed by atoms with van der Waals surface area (Å²) >= 11 is 0. The third kappa shape index (κ3) is 2.88. The predicted octanol–water partition coefficient (Wildman–Crippen LogP) is 4.61. The molecule has 2 rings (SSSR count).